The molecule has 0 aromatic heterocycles. The highest BCUT2D eigenvalue weighted by molar-refractivity contribution is 5.85. The average molecular weight is 223 g/mol. The molecule has 3 nitrogen and oxygen atoms in total. The van der Waals surface area contributed by atoms with E-state index < -0.39 is 0 Å². The smallest absolute Gasteiger partial charge is 0.0556 e. The highest BCUT2D eigenvalue weighted by Gasteiger charge is 2.21. The predicted octanol–water partition coefficient (Wildman–Crippen LogP) is 0.863. The van der Waals surface area contributed by atoms with Crippen LogP contribution in [0.4, 0.5) is 0 Å². The third kappa shape index (κ3) is 4.60. The molecule has 0 aromatic carbocycles. The van der Waals surface area contributed by atoms with Crippen LogP contribution in [0.2, 0.25) is 0 Å². The molecule has 0 unspecified atom stereocenters. The Morgan fingerprint density at radius 1 is 1.21 bits per heavy atom. The topological polar surface area (TPSA) is 35.5 Å². The Balaban J connectivity index is 0.00000169. The molecule has 0 spiro atoms. The minimum Gasteiger partial charge on any atom is -0.395 e. The van der Waals surface area contributed by atoms with Gasteiger partial charge in [0.2, 0.25) is 0 Å². The van der Waals surface area contributed by atoms with E-state index in [0.29, 0.717) is 6.04 Å². The number of hydrogen-bond acceptors (Lipinski definition) is 3. The number of hydrogen-bond donors (Lipinski definition) is 2. The molecule has 2 N–H and O–H groups in total. The maximum Gasteiger partial charge on any atom is 0.0556 e. The second kappa shape index (κ2) is 7.46. The fraction of sp³-hybridized carbons (Fsp3) is 1.00. The molecule has 1 aliphatic rings. The summed E-state index contributed by atoms with van der Waals surface area (Å²) in [7, 11) is 4.32. The van der Waals surface area contributed by atoms with E-state index in [0.717, 1.165) is 12.6 Å². The zero-order valence-electron chi connectivity index (χ0n) is 9.20. The number of aliphatic hydroxyl groups excluding tert-OH is 1. The summed E-state index contributed by atoms with van der Waals surface area (Å²) >= 11 is 0. The van der Waals surface area contributed by atoms with Crippen LogP contribution < -0.4 is 5.32 Å². The lowest BCUT2D eigenvalue weighted by Crippen LogP contribution is -2.40. The zero-order chi connectivity index (χ0) is 9.68. The van der Waals surface area contributed by atoms with E-state index in [1.165, 1.54) is 25.7 Å². The van der Waals surface area contributed by atoms with E-state index in [9.17, 15) is 0 Å². The summed E-state index contributed by atoms with van der Waals surface area (Å²) in [4.78, 5) is 2.32. The quantitative estimate of drug-likeness (QED) is 0.741. The molecule has 86 valence electrons. The summed E-state index contributed by atoms with van der Waals surface area (Å²) in [5.74, 6) is 0. The van der Waals surface area contributed by atoms with E-state index in [2.05, 4.69) is 24.3 Å². The second-order valence-electron chi connectivity index (χ2n) is 4.15. The van der Waals surface area contributed by atoms with Gasteiger partial charge in [0.25, 0.3) is 0 Å². The van der Waals surface area contributed by atoms with Gasteiger partial charge in [0.15, 0.2) is 0 Å². The van der Waals surface area contributed by atoms with Gasteiger partial charge in [-0.3, -0.25) is 0 Å². The molecule has 0 amide bonds. The summed E-state index contributed by atoms with van der Waals surface area (Å²) in [6.07, 6.45) is 5.08. The van der Waals surface area contributed by atoms with Crippen molar-refractivity contribution in [2.75, 3.05) is 27.2 Å². The van der Waals surface area contributed by atoms with Crippen LogP contribution in [-0.4, -0.2) is 49.3 Å². The van der Waals surface area contributed by atoms with Gasteiger partial charge in [-0.2, -0.15) is 0 Å². The van der Waals surface area contributed by atoms with Crippen molar-refractivity contribution in [3.63, 3.8) is 0 Å². The first-order chi connectivity index (χ1) is 6.24. The Hall–Kier alpha value is 0.170. The van der Waals surface area contributed by atoms with Crippen LogP contribution in [0.25, 0.3) is 0 Å². The van der Waals surface area contributed by atoms with Crippen molar-refractivity contribution in [1.29, 1.82) is 0 Å². The first-order valence-corrected chi connectivity index (χ1v) is 5.24. The number of aliphatic hydroxyl groups is 1. The third-order valence-corrected chi connectivity index (χ3v) is 2.97. The minimum atomic E-state index is 0. The van der Waals surface area contributed by atoms with Crippen LogP contribution in [0.5, 0.6) is 0 Å². The normalized spacial score (nSPS) is 27.4. The summed E-state index contributed by atoms with van der Waals surface area (Å²) in [6, 6.07) is 1.41. The van der Waals surface area contributed by atoms with Crippen LogP contribution in [0.15, 0.2) is 0 Å². The third-order valence-electron chi connectivity index (χ3n) is 2.97. The number of rotatable bonds is 4. The van der Waals surface area contributed by atoms with E-state index in [4.69, 9.17) is 5.11 Å². The summed E-state index contributed by atoms with van der Waals surface area (Å²) in [6.45, 7) is 1.00. The second-order valence-corrected chi connectivity index (χ2v) is 4.15. The van der Waals surface area contributed by atoms with Crippen LogP contribution >= 0.6 is 12.4 Å². The molecule has 4 heteroatoms. The SMILES string of the molecule is CN(C)C1CCC(NCCO)CC1.Cl. The molecule has 0 radical (unpaired) electrons. The van der Waals surface area contributed by atoms with Gasteiger partial charge < -0.3 is 15.3 Å². The Kier molecular flexibility index (Phi) is 7.55. The Morgan fingerprint density at radius 3 is 2.21 bits per heavy atom. The van der Waals surface area contributed by atoms with Crippen molar-refractivity contribution in [2.24, 2.45) is 0 Å². The number of nitrogens with one attached hydrogen (secondary N) is 1. The molecule has 1 saturated carbocycles. The van der Waals surface area contributed by atoms with Crippen molar-refractivity contribution in [3.05, 3.63) is 0 Å². The molecule has 1 fully saturated rings. The summed E-state index contributed by atoms with van der Waals surface area (Å²) < 4.78 is 0. The molecule has 1 aliphatic carbocycles. The first-order valence-electron chi connectivity index (χ1n) is 5.24. The van der Waals surface area contributed by atoms with Crippen molar-refractivity contribution in [1.82, 2.24) is 10.2 Å². The summed E-state index contributed by atoms with van der Waals surface area (Å²) in [5, 5.41) is 12.0. The lowest BCUT2D eigenvalue weighted by atomic mass is 9.90. The predicted molar refractivity (Wildman–Crippen MR) is 62.1 cm³/mol. The van der Waals surface area contributed by atoms with Gasteiger partial charge >= 0.3 is 0 Å². The molecule has 0 saturated heterocycles. The maximum absolute atomic E-state index is 8.67. The van der Waals surface area contributed by atoms with E-state index in [-0.39, 0.29) is 19.0 Å². The van der Waals surface area contributed by atoms with Crippen molar-refractivity contribution in [2.45, 2.75) is 37.8 Å². The monoisotopic (exact) mass is 222 g/mol. The van der Waals surface area contributed by atoms with Crippen LogP contribution in [0, 0.1) is 0 Å². The van der Waals surface area contributed by atoms with Gasteiger partial charge in [-0.1, -0.05) is 0 Å². The Labute approximate surface area is 93.3 Å². The molecule has 0 aromatic rings. The minimum absolute atomic E-state index is 0. The largest absolute Gasteiger partial charge is 0.395 e. The van der Waals surface area contributed by atoms with E-state index >= 15 is 0 Å². The highest BCUT2D eigenvalue weighted by atomic mass is 35.5. The van der Waals surface area contributed by atoms with Gasteiger partial charge in [-0.25, -0.2) is 0 Å². The van der Waals surface area contributed by atoms with E-state index in [1.54, 1.807) is 0 Å². The van der Waals surface area contributed by atoms with Crippen molar-refractivity contribution >= 4 is 12.4 Å². The number of nitrogens with zero attached hydrogens (tertiary/aromatic N) is 1. The lowest BCUT2D eigenvalue weighted by Gasteiger charge is -2.32. The van der Waals surface area contributed by atoms with Crippen LogP contribution in [0.1, 0.15) is 25.7 Å². The van der Waals surface area contributed by atoms with Crippen molar-refractivity contribution < 1.29 is 5.11 Å². The molecule has 0 atom stereocenters. The molecule has 0 aliphatic heterocycles. The average Bonchev–Trinajstić information content (AvgIpc) is 2.15. The van der Waals surface area contributed by atoms with Crippen LogP contribution in [-0.2, 0) is 0 Å². The van der Waals surface area contributed by atoms with E-state index in [1.807, 2.05) is 0 Å². The molecule has 14 heavy (non-hydrogen) atoms. The lowest BCUT2D eigenvalue weighted by molar-refractivity contribution is 0.198. The Bertz CT molecular complexity index is 136. The van der Waals surface area contributed by atoms with Crippen molar-refractivity contribution in [3.8, 4) is 0 Å². The standard InChI is InChI=1S/C10H22N2O.ClH/c1-12(2)10-5-3-9(4-6-10)11-7-8-13;/h9-11,13H,3-8H2,1-2H3;1H. The molecule has 0 heterocycles. The van der Waals surface area contributed by atoms with Crippen LogP contribution in [0.3, 0.4) is 0 Å². The van der Waals surface area contributed by atoms with Gasteiger partial charge in [0, 0.05) is 18.6 Å². The number of halogens is 1. The fourth-order valence-electron chi connectivity index (χ4n) is 2.07. The maximum atomic E-state index is 8.67. The van der Waals surface area contributed by atoms with Gasteiger partial charge in [0.05, 0.1) is 6.61 Å². The molecular weight excluding hydrogens is 200 g/mol. The van der Waals surface area contributed by atoms with Gasteiger partial charge in [0.1, 0.15) is 0 Å². The summed E-state index contributed by atoms with van der Waals surface area (Å²) in [5.41, 5.74) is 0. The highest BCUT2D eigenvalue weighted by Crippen LogP contribution is 2.21. The zero-order valence-corrected chi connectivity index (χ0v) is 10.0. The van der Waals surface area contributed by atoms with Gasteiger partial charge in [-0.05, 0) is 39.8 Å². The first kappa shape index (κ1) is 14.2. The van der Waals surface area contributed by atoms with Gasteiger partial charge in [-0.15, -0.1) is 12.4 Å². The molecule has 1 rings (SSSR count). The molecule has 0 bridgehead atoms. The Morgan fingerprint density at radius 2 is 1.79 bits per heavy atom. The fourth-order valence-corrected chi connectivity index (χ4v) is 2.07. The molecular formula is C10H23ClN2O.